The monoisotopic (exact) mass is 341 g/mol. The lowest BCUT2D eigenvalue weighted by atomic mass is 10.1. The van der Waals surface area contributed by atoms with E-state index in [9.17, 15) is 8.42 Å². The van der Waals surface area contributed by atoms with Crippen LogP contribution in [0.5, 0.6) is 0 Å². The molecule has 1 rings (SSSR count). The molecule has 0 bridgehead atoms. The van der Waals surface area contributed by atoms with E-state index in [1.807, 2.05) is 38.1 Å². The molecule has 2 N–H and O–H groups in total. The Morgan fingerprint density at radius 1 is 1.17 bits per heavy atom. The Kier molecular flexibility index (Phi) is 7.02. The fourth-order valence-corrected chi connectivity index (χ4v) is 2.63. The van der Waals surface area contributed by atoms with Gasteiger partial charge >= 0.3 is 0 Å². The van der Waals surface area contributed by atoms with Crippen molar-refractivity contribution in [1.29, 1.82) is 0 Å². The molecule has 0 aliphatic heterocycles. The summed E-state index contributed by atoms with van der Waals surface area (Å²) in [5, 5.41) is 6.42. The molecule has 1 aromatic carbocycles. The van der Waals surface area contributed by atoms with E-state index in [1.165, 1.54) is 6.26 Å². The van der Waals surface area contributed by atoms with Gasteiger partial charge in [-0.15, -0.1) is 0 Å². The van der Waals surface area contributed by atoms with Crippen LogP contribution in [-0.4, -0.2) is 46.9 Å². The number of ether oxygens (including phenoxy) is 1. The van der Waals surface area contributed by atoms with Crippen molar-refractivity contribution in [2.24, 2.45) is 4.99 Å². The highest BCUT2D eigenvalue weighted by atomic mass is 32.2. The first-order chi connectivity index (χ1) is 10.6. The quantitative estimate of drug-likeness (QED) is 0.578. The van der Waals surface area contributed by atoms with Crippen LogP contribution in [0.1, 0.15) is 25.0 Å². The maximum atomic E-state index is 11.3. The topological polar surface area (TPSA) is 79.8 Å². The SMILES string of the molecule is CN=C(NCc1ccc(CS(C)(=O)=O)cc1)NCC(C)(C)OC. The van der Waals surface area contributed by atoms with E-state index in [1.54, 1.807) is 14.2 Å². The Balaban J connectivity index is 2.53. The largest absolute Gasteiger partial charge is 0.377 e. The van der Waals surface area contributed by atoms with Crippen molar-refractivity contribution in [2.75, 3.05) is 27.0 Å². The lowest BCUT2D eigenvalue weighted by molar-refractivity contribution is 0.0268. The number of benzene rings is 1. The Labute approximate surface area is 139 Å². The molecule has 6 nitrogen and oxygen atoms in total. The molecule has 0 radical (unpaired) electrons. The van der Waals surface area contributed by atoms with E-state index in [4.69, 9.17) is 4.74 Å². The number of guanidine groups is 1. The average molecular weight is 341 g/mol. The molecule has 0 fully saturated rings. The maximum absolute atomic E-state index is 11.3. The zero-order valence-corrected chi connectivity index (χ0v) is 15.3. The third kappa shape index (κ3) is 7.99. The molecule has 7 heteroatoms. The smallest absolute Gasteiger partial charge is 0.191 e. The van der Waals surface area contributed by atoms with Crippen molar-refractivity contribution in [3.63, 3.8) is 0 Å². The molecule has 0 atom stereocenters. The lowest BCUT2D eigenvalue weighted by Crippen LogP contribution is -2.45. The van der Waals surface area contributed by atoms with E-state index >= 15 is 0 Å². The van der Waals surface area contributed by atoms with Gasteiger partial charge in [0, 0.05) is 33.5 Å². The van der Waals surface area contributed by atoms with Crippen LogP contribution in [0.2, 0.25) is 0 Å². The van der Waals surface area contributed by atoms with Crippen LogP contribution in [-0.2, 0) is 26.9 Å². The molecule has 0 aromatic heterocycles. The highest BCUT2D eigenvalue weighted by Gasteiger charge is 2.16. The highest BCUT2D eigenvalue weighted by molar-refractivity contribution is 7.89. The van der Waals surface area contributed by atoms with Gasteiger partial charge in [-0.05, 0) is 25.0 Å². The third-order valence-electron chi connectivity index (χ3n) is 3.37. The number of hydrogen-bond donors (Lipinski definition) is 2. The van der Waals surface area contributed by atoms with Crippen molar-refractivity contribution >= 4 is 15.8 Å². The highest BCUT2D eigenvalue weighted by Crippen LogP contribution is 2.08. The summed E-state index contributed by atoms with van der Waals surface area (Å²) in [7, 11) is 0.389. The van der Waals surface area contributed by atoms with E-state index in [-0.39, 0.29) is 11.4 Å². The number of methoxy groups -OCH3 is 1. The van der Waals surface area contributed by atoms with E-state index in [2.05, 4.69) is 15.6 Å². The van der Waals surface area contributed by atoms with Crippen LogP contribution in [0.15, 0.2) is 29.3 Å². The molecule has 0 amide bonds. The molecule has 0 unspecified atom stereocenters. The van der Waals surface area contributed by atoms with Gasteiger partial charge in [0.2, 0.25) is 0 Å². The minimum absolute atomic E-state index is 0.0655. The van der Waals surface area contributed by atoms with Gasteiger partial charge in [0.1, 0.15) is 0 Å². The molecule has 130 valence electrons. The average Bonchev–Trinajstić information content (AvgIpc) is 2.47. The van der Waals surface area contributed by atoms with E-state index in [0.29, 0.717) is 19.0 Å². The summed E-state index contributed by atoms with van der Waals surface area (Å²) in [5.74, 6) is 0.756. The number of hydrogen-bond acceptors (Lipinski definition) is 4. The van der Waals surface area contributed by atoms with Crippen molar-refractivity contribution in [3.8, 4) is 0 Å². The second kappa shape index (κ2) is 8.31. The Hall–Kier alpha value is -1.60. The van der Waals surface area contributed by atoms with Gasteiger partial charge in [-0.25, -0.2) is 8.42 Å². The molecular weight excluding hydrogens is 314 g/mol. The van der Waals surface area contributed by atoms with Gasteiger partial charge in [-0.1, -0.05) is 24.3 Å². The van der Waals surface area contributed by atoms with Crippen molar-refractivity contribution in [2.45, 2.75) is 31.7 Å². The number of nitrogens with one attached hydrogen (secondary N) is 2. The summed E-state index contributed by atoms with van der Waals surface area (Å²) in [6.45, 7) is 5.23. The van der Waals surface area contributed by atoms with Gasteiger partial charge in [0.15, 0.2) is 15.8 Å². The minimum atomic E-state index is -3.00. The molecule has 0 saturated carbocycles. The van der Waals surface area contributed by atoms with Crippen LogP contribution in [0.25, 0.3) is 0 Å². The predicted molar refractivity (Wildman–Crippen MR) is 94.3 cm³/mol. The van der Waals surface area contributed by atoms with Gasteiger partial charge in [0.25, 0.3) is 0 Å². The standard InChI is InChI=1S/C16H27N3O3S/c1-16(2,22-4)12-19-15(17-3)18-10-13-6-8-14(9-7-13)11-23(5,20)21/h6-9H,10-12H2,1-5H3,(H2,17,18,19). The minimum Gasteiger partial charge on any atom is -0.377 e. The first-order valence-electron chi connectivity index (χ1n) is 7.40. The van der Waals surface area contributed by atoms with Gasteiger partial charge < -0.3 is 15.4 Å². The summed E-state index contributed by atoms with van der Waals surface area (Å²) in [6.07, 6.45) is 1.24. The fraction of sp³-hybridized carbons (Fsp3) is 0.562. The van der Waals surface area contributed by atoms with Crippen LogP contribution in [0.4, 0.5) is 0 Å². The van der Waals surface area contributed by atoms with Crippen molar-refractivity contribution in [3.05, 3.63) is 35.4 Å². The van der Waals surface area contributed by atoms with Crippen molar-refractivity contribution < 1.29 is 13.2 Å². The number of sulfone groups is 1. The second-order valence-corrected chi connectivity index (χ2v) is 8.27. The molecule has 0 heterocycles. The van der Waals surface area contributed by atoms with Crippen LogP contribution >= 0.6 is 0 Å². The van der Waals surface area contributed by atoms with Gasteiger partial charge in [-0.2, -0.15) is 0 Å². The number of rotatable bonds is 7. The number of aliphatic imine (C=N–C) groups is 1. The molecule has 0 aliphatic carbocycles. The molecule has 23 heavy (non-hydrogen) atoms. The Morgan fingerprint density at radius 2 is 1.74 bits per heavy atom. The lowest BCUT2D eigenvalue weighted by Gasteiger charge is -2.24. The summed E-state index contributed by atoms with van der Waals surface area (Å²) < 4.78 is 27.9. The normalized spacial score (nSPS) is 13.0. The zero-order valence-electron chi connectivity index (χ0n) is 14.5. The van der Waals surface area contributed by atoms with Crippen molar-refractivity contribution in [1.82, 2.24) is 10.6 Å². The van der Waals surface area contributed by atoms with Gasteiger partial charge in [-0.3, -0.25) is 4.99 Å². The zero-order chi connectivity index (χ0) is 17.5. The second-order valence-electron chi connectivity index (χ2n) is 6.13. The Bertz CT molecular complexity index is 622. The van der Waals surface area contributed by atoms with Crippen LogP contribution in [0, 0.1) is 0 Å². The first kappa shape index (κ1) is 19.4. The summed E-state index contributed by atoms with van der Waals surface area (Å²) in [4.78, 5) is 4.17. The summed E-state index contributed by atoms with van der Waals surface area (Å²) in [5.41, 5.74) is 1.57. The summed E-state index contributed by atoms with van der Waals surface area (Å²) in [6, 6.07) is 7.50. The fourth-order valence-electron chi connectivity index (χ4n) is 1.83. The predicted octanol–water partition coefficient (Wildman–Crippen LogP) is 1.32. The van der Waals surface area contributed by atoms with E-state index < -0.39 is 9.84 Å². The summed E-state index contributed by atoms with van der Waals surface area (Å²) >= 11 is 0. The van der Waals surface area contributed by atoms with Crippen LogP contribution < -0.4 is 10.6 Å². The van der Waals surface area contributed by atoms with E-state index in [0.717, 1.165) is 11.1 Å². The molecule has 1 aromatic rings. The maximum Gasteiger partial charge on any atom is 0.191 e. The first-order valence-corrected chi connectivity index (χ1v) is 9.46. The number of nitrogens with zero attached hydrogens (tertiary/aromatic N) is 1. The van der Waals surface area contributed by atoms with Gasteiger partial charge in [0.05, 0.1) is 11.4 Å². The molecule has 0 aliphatic rings. The molecular formula is C16H27N3O3S. The molecule has 0 spiro atoms. The molecule has 0 saturated heterocycles. The Morgan fingerprint density at radius 3 is 2.22 bits per heavy atom. The van der Waals surface area contributed by atoms with Crippen LogP contribution in [0.3, 0.4) is 0 Å². The third-order valence-corrected chi connectivity index (χ3v) is 4.23.